The molecule has 0 N–H and O–H groups in total. The number of nitrogens with zero attached hydrogens (tertiary/aromatic N) is 1. The summed E-state index contributed by atoms with van der Waals surface area (Å²) in [6.45, 7) is 11.3. The second-order valence-electron chi connectivity index (χ2n) is 6.79. The molecule has 0 bridgehead atoms. The lowest BCUT2D eigenvalue weighted by atomic mass is 9.80. The van der Waals surface area contributed by atoms with Gasteiger partial charge in [-0.25, -0.2) is 0 Å². The van der Waals surface area contributed by atoms with Crippen molar-refractivity contribution in [3.05, 3.63) is 42.0 Å². The van der Waals surface area contributed by atoms with Crippen LogP contribution in [0.3, 0.4) is 0 Å². The molecular formula is C17H24N+. The van der Waals surface area contributed by atoms with Crippen molar-refractivity contribution in [2.45, 2.75) is 40.0 Å². The lowest BCUT2D eigenvalue weighted by Crippen LogP contribution is -2.27. The van der Waals surface area contributed by atoms with Crippen LogP contribution in [0.1, 0.15) is 40.2 Å². The third kappa shape index (κ3) is 2.14. The third-order valence-electron chi connectivity index (χ3n) is 3.68. The maximum atomic E-state index is 2.32. The van der Waals surface area contributed by atoms with E-state index in [2.05, 4.69) is 82.7 Å². The van der Waals surface area contributed by atoms with E-state index in [1.807, 2.05) is 0 Å². The summed E-state index contributed by atoms with van der Waals surface area (Å²) in [6.07, 6.45) is 4.59. The van der Waals surface area contributed by atoms with Crippen molar-refractivity contribution >= 4 is 11.4 Å². The van der Waals surface area contributed by atoms with Crippen LogP contribution in [-0.4, -0.2) is 17.3 Å². The third-order valence-corrected chi connectivity index (χ3v) is 3.68. The molecule has 1 nitrogen and oxygen atoms in total. The fourth-order valence-corrected chi connectivity index (χ4v) is 2.63. The van der Waals surface area contributed by atoms with Crippen molar-refractivity contribution in [1.29, 1.82) is 0 Å². The molecule has 96 valence electrons. The average Bonchev–Trinajstić information content (AvgIpc) is 2.45. The van der Waals surface area contributed by atoms with Crippen LogP contribution in [0.4, 0.5) is 5.69 Å². The number of fused-ring (bicyclic) bond motifs is 1. The van der Waals surface area contributed by atoms with Crippen molar-refractivity contribution < 1.29 is 4.58 Å². The summed E-state index contributed by atoms with van der Waals surface area (Å²) in [5, 5.41) is 0. The molecular weight excluding hydrogens is 218 g/mol. The van der Waals surface area contributed by atoms with E-state index in [9.17, 15) is 0 Å². The number of rotatable bonds is 1. The van der Waals surface area contributed by atoms with Crippen LogP contribution < -0.4 is 0 Å². The Morgan fingerprint density at radius 3 is 2.28 bits per heavy atom. The zero-order chi connectivity index (χ0) is 13.6. The van der Waals surface area contributed by atoms with Crippen molar-refractivity contribution in [1.82, 2.24) is 0 Å². The lowest BCUT2D eigenvalue weighted by Gasteiger charge is -2.17. The maximum absolute atomic E-state index is 2.32. The Bertz CT molecular complexity index is 525. The van der Waals surface area contributed by atoms with Crippen LogP contribution >= 0.6 is 0 Å². The van der Waals surface area contributed by atoms with E-state index in [0.29, 0.717) is 0 Å². The molecule has 0 saturated carbocycles. The first kappa shape index (κ1) is 13.1. The SMILES string of the molecule is C[N+]1=C(/C=C/C(C)(C)C)C(C)(C)c2ccccc21. The minimum absolute atomic E-state index is 0.0904. The Hall–Kier alpha value is -1.37. The molecule has 0 amide bonds. The Kier molecular flexibility index (Phi) is 2.96. The molecule has 1 heterocycles. The lowest BCUT2D eigenvalue weighted by molar-refractivity contribution is -0.401. The van der Waals surface area contributed by atoms with Crippen LogP contribution in [0.15, 0.2) is 36.4 Å². The van der Waals surface area contributed by atoms with Gasteiger partial charge in [0.25, 0.3) is 0 Å². The Labute approximate surface area is 111 Å². The molecule has 0 aromatic heterocycles. The second-order valence-corrected chi connectivity index (χ2v) is 6.79. The molecule has 2 rings (SSSR count). The molecule has 0 unspecified atom stereocenters. The van der Waals surface area contributed by atoms with Gasteiger partial charge in [0, 0.05) is 17.7 Å². The molecule has 1 aromatic carbocycles. The van der Waals surface area contributed by atoms with Gasteiger partial charge < -0.3 is 0 Å². The number of hydrogen-bond donors (Lipinski definition) is 0. The van der Waals surface area contributed by atoms with Crippen LogP contribution in [0.2, 0.25) is 0 Å². The van der Waals surface area contributed by atoms with Gasteiger partial charge in [-0.05, 0) is 19.3 Å². The molecule has 0 spiro atoms. The second kappa shape index (κ2) is 4.08. The van der Waals surface area contributed by atoms with E-state index < -0.39 is 0 Å². The predicted molar refractivity (Wildman–Crippen MR) is 78.9 cm³/mol. The minimum Gasteiger partial charge on any atom is -0.198 e. The first-order chi connectivity index (χ1) is 8.23. The van der Waals surface area contributed by atoms with Crippen LogP contribution in [0, 0.1) is 5.41 Å². The summed E-state index contributed by atoms with van der Waals surface area (Å²) in [5.74, 6) is 0. The molecule has 18 heavy (non-hydrogen) atoms. The van der Waals surface area contributed by atoms with E-state index in [-0.39, 0.29) is 10.8 Å². The largest absolute Gasteiger partial charge is 0.209 e. The first-order valence-corrected chi connectivity index (χ1v) is 6.63. The van der Waals surface area contributed by atoms with Crippen LogP contribution in [0.5, 0.6) is 0 Å². The van der Waals surface area contributed by atoms with Crippen molar-refractivity contribution in [2.24, 2.45) is 5.41 Å². The Morgan fingerprint density at radius 1 is 1.11 bits per heavy atom. The minimum atomic E-state index is 0.0904. The first-order valence-electron chi connectivity index (χ1n) is 6.63. The highest BCUT2D eigenvalue weighted by Crippen LogP contribution is 2.39. The molecule has 1 aliphatic rings. The molecule has 1 heteroatoms. The molecule has 1 aliphatic heterocycles. The average molecular weight is 242 g/mol. The summed E-state index contributed by atoms with van der Waals surface area (Å²) in [7, 11) is 2.16. The van der Waals surface area contributed by atoms with Crippen molar-refractivity contribution in [3.8, 4) is 0 Å². The standard InChI is InChI=1S/C17H24N/c1-16(2,3)12-11-15-17(4,5)13-9-7-8-10-14(13)18(15)6/h7-12H,1-6H3/q+1/b12-11+. The van der Waals surface area contributed by atoms with Gasteiger partial charge in [-0.1, -0.05) is 45.0 Å². The number of para-hydroxylation sites is 1. The number of benzene rings is 1. The molecule has 1 aromatic rings. The predicted octanol–water partition coefficient (Wildman–Crippen LogP) is 4.29. The van der Waals surface area contributed by atoms with E-state index in [0.717, 1.165) is 0 Å². The van der Waals surface area contributed by atoms with Crippen molar-refractivity contribution in [3.63, 3.8) is 0 Å². The summed E-state index contributed by atoms with van der Waals surface area (Å²) in [5.41, 5.74) is 4.43. The number of allylic oxidation sites excluding steroid dienone is 2. The van der Waals surface area contributed by atoms with E-state index >= 15 is 0 Å². The zero-order valence-electron chi connectivity index (χ0n) is 12.4. The van der Waals surface area contributed by atoms with Crippen LogP contribution in [0.25, 0.3) is 0 Å². The quantitative estimate of drug-likeness (QED) is 0.646. The molecule has 0 aliphatic carbocycles. The zero-order valence-corrected chi connectivity index (χ0v) is 12.4. The summed E-state index contributed by atoms with van der Waals surface area (Å²) < 4.78 is 2.32. The van der Waals surface area contributed by atoms with E-state index in [1.165, 1.54) is 17.0 Å². The fraction of sp³-hybridized carbons (Fsp3) is 0.471. The molecule has 0 radical (unpaired) electrons. The van der Waals surface area contributed by atoms with Gasteiger partial charge in [-0.2, -0.15) is 4.58 Å². The Balaban J connectivity index is 2.51. The van der Waals surface area contributed by atoms with E-state index in [1.54, 1.807) is 0 Å². The van der Waals surface area contributed by atoms with Gasteiger partial charge in [0.05, 0.1) is 5.41 Å². The summed E-state index contributed by atoms with van der Waals surface area (Å²) in [6, 6.07) is 8.69. The maximum Gasteiger partial charge on any atom is 0.209 e. The van der Waals surface area contributed by atoms with Crippen molar-refractivity contribution in [2.75, 3.05) is 7.05 Å². The van der Waals surface area contributed by atoms with Gasteiger partial charge in [-0.3, -0.25) is 0 Å². The smallest absolute Gasteiger partial charge is 0.198 e. The topological polar surface area (TPSA) is 3.01 Å². The van der Waals surface area contributed by atoms with Gasteiger partial charge >= 0.3 is 0 Å². The number of hydrogen-bond acceptors (Lipinski definition) is 0. The highest BCUT2D eigenvalue weighted by Gasteiger charge is 2.42. The highest BCUT2D eigenvalue weighted by molar-refractivity contribution is 6.02. The summed E-state index contributed by atoms with van der Waals surface area (Å²) in [4.78, 5) is 0. The van der Waals surface area contributed by atoms with Gasteiger partial charge in [0.1, 0.15) is 7.05 Å². The van der Waals surface area contributed by atoms with Gasteiger partial charge in [-0.15, -0.1) is 0 Å². The molecule has 0 atom stereocenters. The van der Waals surface area contributed by atoms with Gasteiger partial charge in [0.2, 0.25) is 5.69 Å². The summed E-state index contributed by atoms with van der Waals surface area (Å²) >= 11 is 0. The Morgan fingerprint density at radius 2 is 1.72 bits per heavy atom. The normalized spacial score (nSPS) is 18.6. The molecule has 0 saturated heterocycles. The fourth-order valence-electron chi connectivity index (χ4n) is 2.63. The van der Waals surface area contributed by atoms with Crippen LogP contribution in [-0.2, 0) is 5.41 Å². The molecule has 0 fully saturated rings. The van der Waals surface area contributed by atoms with Gasteiger partial charge in [0.15, 0.2) is 5.71 Å². The highest BCUT2D eigenvalue weighted by atomic mass is 15.0. The monoisotopic (exact) mass is 242 g/mol. The van der Waals surface area contributed by atoms with E-state index in [4.69, 9.17) is 0 Å².